The molecule has 1 N–H and O–H groups in total. The maximum absolute atomic E-state index is 13.3. The summed E-state index contributed by atoms with van der Waals surface area (Å²) in [5, 5.41) is 0. The van der Waals surface area contributed by atoms with E-state index in [2.05, 4.69) is 9.88 Å². The molecule has 3 aliphatic rings. The smallest absolute Gasteiger partial charge is 0.339 e. The second kappa shape index (κ2) is 10.3. The predicted octanol–water partition coefficient (Wildman–Crippen LogP) is 2.75. The monoisotopic (exact) mass is 458 g/mol. The quantitative estimate of drug-likeness (QED) is 0.702. The summed E-state index contributed by atoms with van der Waals surface area (Å²) in [5.41, 5.74) is 2.07. The van der Waals surface area contributed by atoms with Gasteiger partial charge in [-0.15, -0.1) is 0 Å². The normalized spacial score (nSPS) is 22.9. The van der Waals surface area contributed by atoms with Crippen LogP contribution in [0.5, 0.6) is 0 Å². The van der Waals surface area contributed by atoms with Crippen molar-refractivity contribution in [2.45, 2.75) is 64.8 Å². The number of carbonyl (C=O) groups excluding carboxylic acids is 3. The van der Waals surface area contributed by atoms with Crippen LogP contribution in [0, 0.1) is 19.8 Å². The largest absolute Gasteiger partial charge is 0.465 e. The molecule has 182 valence electrons. The Bertz CT molecular complexity index is 881. The van der Waals surface area contributed by atoms with Crippen LogP contribution < -0.4 is 0 Å². The van der Waals surface area contributed by atoms with E-state index in [9.17, 15) is 14.4 Å². The molecule has 1 aromatic rings. The number of piperidine rings is 1. The lowest BCUT2D eigenvalue weighted by molar-refractivity contribution is -0.139. The Morgan fingerprint density at radius 3 is 2.24 bits per heavy atom. The minimum absolute atomic E-state index is 0.148. The van der Waals surface area contributed by atoms with Gasteiger partial charge in [-0.25, -0.2) is 4.79 Å². The first kappa shape index (κ1) is 23.8. The number of aromatic nitrogens is 1. The molecule has 1 atom stereocenters. The van der Waals surface area contributed by atoms with Gasteiger partial charge in [0.15, 0.2) is 0 Å². The summed E-state index contributed by atoms with van der Waals surface area (Å²) in [7, 11) is 1.34. The van der Waals surface area contributed by atoms with E-state index in [1.807, 2.05) is 4.90 Å². The minimum atomic E-state index is -0.445. The van der Waals surface area contributed by atoms with Crippen molar-refractivity contribution in [3.63, 3.8) is 0 Å². The van der Waals surface area contributed by atoms with E-state index < -0.39 is 5.97 Å². The maximum Gasteiger partial charge on any atom is 0.339 e. The van der Waals surface area contributed by atoms with E-state index in [4.69, 9.17) is 4.74 Å². The molecule has 0 bridgehead atoms. The molecule has 1 saturated carbocycles. The Morgan fingerprint density at radius 1 is 0.879 bits per heavy atom. The number of H-pyrrole nitrogens is 1. The highest BCUT2D eigenvalue weighted by atomic mass is 16.5. The number of likely N-dealkylation sites (tertiary alicyclic amines) is 1. The summed E-state index contributed by atoms with van der Waals surface area (Å²) >= 11 is 0. The van der Waals surface area contributed by atoms with Crippen LogP contribution in [-0.2, 0) is 9.53 Å². The Labute approximate surface area is 196 Å². The number of piperazine rings is 1. The number of hydrogen-bond donors (Lipinski definition) is 1. The van der Waals surface area contributed by atoms with Crippen molar-refractivity contribution in [1.29, 1.82) is 0 Å². The fourth-order valence-corrected chi connectivity index (χ4v) is 5.91. The van der Waals surface area contributed by atoms with Gasteiger partial charge in [0.2, 0.25) is 5.91 Å². The molecule has 3 fully saturated rings. The average molecular weight is 459 g/mol. The van der Waals surface area contributed by atoms with E-state index >= 15 is 0 Å². The molecular weight excluding hydrogens is 420 g/mol. The molecule has 3 heterocycles. The molecule has 2 aliphatic heterocycles. The van der Waals surface area contributed by atoms with Crippen LogP contribution in [0.4, 0.5) is 0 Å². The molecular formula is C25H38N4O4. The zero-order chi connectivity index (χ0) is 23.5. The average Bonchev–Trinajstić information content (AvgIpc) is 3.17. The Kier molecular flexibility index (Phi) is 7.41. The number of hydrogen-bond acceptors (Lipinski definition) is 5. The lowest BCUT2D eigenvalue weighted by Crippen LogP contribution is -2.55. The van der Waals surface area contributed by atoms with Gasteiger partial charge in [0.25, 0.3) is 5.91 Å². The third-order valence-electron chi connectivity index (χ3n) is 7.82. The highest BCUT2D eigenvalue weighted by molar-refractivity contribution is 6.00. The Hall–Kier alpha value is -2.35. The highest BCUT2D eigenvalue weighted by Gasteiger charge is 2.35. The van der Waals surface area contributed by atoms with Gasteiger partial charge in [-0.2, -0.15) is 0 Å². The number of nitrogens with one attached hydrogen (secondary N) is 1. The SMILES string of the molecule is COC(=O)c1c(C)[nH]c(C(=O)N2CCC[C@@H](C(=O)N3CCN(C4CCCCC4)CC3)C2)c1C. The molecule has 8 nitrogen and oxygen atoms in total. The predicted molar refractivity (Wildman–Crippen MR) is 125 cm³/mol. The molecule has 2 amide bonds. The number of esters is 1. The van der Waals surface area contributed by atoms with Crippen molar-refractivity contribution in [3.8, 4) is 0 Å². The zero-order valence-electron chi connectivity index (χ0n) is 20.3. The van der Waals surface area contributed by atoms with Crippen molar-refractivity contribution in [1.82, 2.24) is 19.7 Å². The van der Waals surface area contributed by atoms with Gasteiger partial charge in [-0.3, -0.25) is 14.5 Å². The van der Waals surface area contributed by atoms with Crippen molar-refractivity contribution >= 4 is 17.8 Å². The fraction of sp³-hybridized carbons (Fsp3) is 0.720. The lowest BCUT2D eigenvalue weighted by atomic mass is 9.93. The van der Waals surface area contributed by atoms with E-state index in [1.165, 1.54) is 39.2 Å². The summed E-state index contributed by atoms with van der Waals surface area (Å²) < 4.78 is 4.86. The van der Waals surface area contributed by atoms with Gasteiger partial charge >= 0.3 is 5.97 Å². The molecule has 2 saturated heterocycles. The third kappa shape index (κ3) is 4.95. The van der Waals surface area contributed by atoms with Gasteiger partial charge < -0.3 is 19.5 Å². The standard InChI is InChI=1S/C25H38N4O4/c1-17-21(25(32)33-3)18(2)26-22(17)24(31)29-11-7-8-19(16-29)23(30)28-14-12-27(13-15-28)20-9-5-4-6-10-20/h19-20,26H,4-16H2,1-3H3/t19-/m1/s1. The fourth-order valence-electron chi connectivity index (χ4n) is 5.91. The van der Waals surface area contributed by atoms with Crippen molar-refractivity contribution in [3.05, 3.63) is 22.5 Å². The molecule has 33 heavy (non-hydrogen) atoms. The molecule has 0 unspecified atom stereocenters. The minimum Gasteiger partial charge on any atom is -0.465 e. The second-order valence-electron chi connectivity index (χ2n) is 9.86. The molecule has 0 spiro atoms. The highest BCUT2D eigenvalue weighted by Crippen LogP contribution is 2.26. The van der Waals surface area contributed by atoms with E-state index in [0.29, 0.717) is 41.6 Å². The second-order valence-corrected chi connectivity index (χ2v) is 9.86. The first-order valence-corrected chi connectivity index (χ1v) is 12.5. The van der Waals surface area contributed by atoms with E-state index in [1.54, 1.807) is 18.7 Å². The van der Waals surface area contributed by atoms with Crippen LogP contribution in [0.3, 0.4) is 0 Å². The van der Waals surface area contributed by atoms with Crippen molar-refractivity contribution in [2.75, 3.05) is 46.4 Å². The van der Waals surface area contributed by atoms with Crippen molar-refractivity contribution in [2.24, 2.45) is 5.92 Å². The number of aromatic amines is 1. The molecule has 0 aromatic carbocycles. The molecule has 0 radical (unpaired) electrons. The van der Waals surface area contributed by atoms with Gasteiger partial charge in [0.05, 0.1) is 18.6 Å². The number of methoxy groups -OCH3 is 1. The summed E-state index contributed by atoms with van der Waals surface area (Å²) in [6, 6.07) is 0.696. The Balaban J connectivity index is 1.36. The lowest BCUT2D eigenvalue weighted by Gasteiger charge is -2.42. The molecule has 1 aliphatic carbocycles. The molecule has 4 rings (SSSR count). The van der Waals surface area contributed by atoms with E-state index in [-0.39, 0.29) is 17.7 Å². The molecule has 8 heteroatoms. The van der Waals surface area contributed by atoms with Gasteiger partial charge in [0.1, 0.15) is 5.69 Å². The number of ether oxygens (including phenoxy) is 1. The first-order chi connectivity index (χ1) is 15.9. The van der Waals surface area contributed by atoms with Crippen LogP contribution in [0.15, 0.2) is 0 Å². The van der Waals surface area contributed by atoms with Gasteiger partial charge in [-0.1, -0.05) is 19.3 Å². The van der Waals surface area contributed by atoms with E-state index in [0.717, 1.165) is 39.0 Å². The van der Waals surface area contributed by atoms with Crippen LogP contribution in [0.2, 0.25) is 0 Å². The number of rotatable bonds is 4. The third-order valence-corrected chi connectivity index (χ3v) is 7.82. The van der Waals surface area contributed by atoms with Crippen LogP contribution in [-0.4, -0.2) is 89.9 Å². The number of aryl methyl sites for hydroxylation is 1. The van der Waals surface area contributed by atoms with Crippen molar-refractivity contribution < 1.29 is 19.1 Å². The first-order valence-electron chi connectivity index (χ1n) is 12.5. The van der Waals surface area contributed by atoms with Crippen LogP contribution >= 0.6 is 0 Å². The molecule has 1 aromatic heterocycles. The van der Waals surface area contributed by atoms with Gasteiger partial charge in [-0.05, 0) is 45.1 Å². The number of amides is 2. The summed E-state index contributed by atoms with van der Waals surface area (Å²) in [5.74, 6) is -0.560. The number of nitrogens with zero attached hydrogens (tertiary/aromatic N) is 3. The summed E-state index contributed by atoms with van der Waals surface area (Å²) in [4.78, 5) is 48.1. The van der Waals surface area contributed by atoms with Crippen LogP contribution in [0.25, 0.3) is 0 Å². The number of carbonyl (C=O) groups is 3. The van der Waals surface area contributed by atoms with Gasteiger partial charge in [0, 0.05) is 51.0 Å². The topological polar surface area (TPSA) is 85.9 Å². The van der Waals surface area contributed by atoms with Crippen LogP contribution in [0.1, 0.15) is 77.0 Å². The maximum atomic E-state index is 13.3. The Morgan fingerprint density at radius 2 is 1.58 bits per heavy atom. The summed E-state index contributed by atoms with van der Waals surface area (Å²) in [6.07, 6.45) is 8.24. The zero-order valence-corrected chi connectivity index (χ0v) is 20.3. The summed E-state index contributed by atoms with van der Waals surface area (Å²) in [6.45, 7) is 8.10.